The largest absolute Gasteiger partial charge is 0.338 e. The third-order valence-corrected chi connectivity index (χ3v) is 5.36. The van der Waals surface area contributed by atoms with Gasteiger partial charge < -0.3 is 9.80 Å². The van der Waals surface area contributed by atoms with Gasteiger partial charge in [0.15, 0.2) is 0 Å². The van der Waals surface area contributed by atoms with E-state index in [0.717, 1.165) is 10.5 Å². The van der Waals surface area contributed by atoms with Crippen LogP contribution in [0.15, 0.2) is 48.5 Å². The van der Waals surface area contributed by atoms with Gasteiger partial charge in [0.05, 0.1) is 11.1 Å². The second-order valence-corrected chi connectivity index (χ2v) is 7.28. The standard InChI is InChI=1S/C22H21N3O4/c1-15-5-4-6-16(13-15)20(27)24-11-9-23(10-12-24)19(26)14-25-21(28)17-7-2-3-8-18(17)22(25)29/h2-8,13H,9-12,14H2,1H3. The minimum Gasteiger partial charge on any atom is -0.338 e. The van der Waals surface area contributed by atoms with Gasteiger partial charge in [0.2, 0.25) is 5.91 Å². The second kappa shape index (κ2) is 7.50. The van der Waals surface area contributed by atoms with Crippen molar-refractivity contribution in [1.82, 2.24) is 14.7 Å². The third kappa shape index (κ3) is 3.51. The molecule has 0 aliphatic carbocycles. The van der Waals surface area contributed by atoms with Crippen LogP contribution < -0.4 is 0 Å². The summed E-state index contributed by atoms with van der Waals surface area (Å²) in [5.74, 6) is -1.22. The fourth-order valence-corrected chi connectivity index (χ4v) is 3.74. The van der Waals surface area contributed by atoms with Crippen molar-refractivity contribution >= 4 is 23.6 Å². The molecule has 0 N–H and O–H groups in total. The maximum atomic E-state index is 12.7. The number of rotatable bonds is 3. The Hall–Kier alpha value is -3.48. The van der Waals surface area contributed by atoms with Gasteiger partial charge in [0.25, 0.3) is 17.7 Å². The molecule has 2 aromatic rings. The number of carbonyl (C=O) groups is 4. The number of hydrogen-bond acceptors (Lipinski definition) is 4. The molecule has 7 nitrogen and oxygen atoms in total. The van der Waals surface area contributed by atoms with Crippen LogP contribution in [0.2, 0.25) is 0 Å². The Balaban J connectivity index is 1.36. The summed E-state index contributed by atoms with van der Waals surface area (Å²) in [5.41, 5.74) is 2.32. The predicted octanol–water partition coefficient (Wildman–Crippen LogP) is 1.58. The van der Waals surface area contributed by atoms with Crippen molar-refractivity contribution in [2.75, 3.05) is 32.7 Å². The number of benzene rings is 2. The fraction of sp³-hybridized carbons (Fsp3) is 0.273. The zero-order chi connectivity index (χ0) is 20.5. The minimum atomic E-state index is -0.438. The van der Waals surface area contributed by atoms with Gasteiger partial charge in [-0.3, -0.25) is 24.1 Å². The predicted molar refractivity (Wildman–Crippen MR) is 105 cm³/mol. The van der Waals surface area contributed by atoms with Gasteiger partial charge in [-0.1, -0.05) is 29.8 Å². The van der Waals surface area contributed by atoms with Gasteiger partial charge >= 0.3 is 0 Å². The van der Waals surface area contributed by atoms with Crippen LogP contribution in [-0.4, -0.2) is 71.1 Å². The molecular formula is C22H21N3O4. The molecule has 2 heterocycles. The zero-order valence-corrected chi connectivity index (χ0v) is 16.1. The topological polar surface area (TPSA) is 78.0 Å². The van der Waals surface area contributed by atoms with Gasteiger partial charge in [-0.15, -0.1) is 0 Å². The molecule has 4 amide bonds. The molecule has 148 valence electrons. The highest BCUT2D eigenvalue weighted by atomic mass is 16.2. The first-order valence-corrected chi connectivity index (χ1v) is 9.54. The summed E-state index contributed by atoms with van der Waals surface area (Å²) in [7, 11) is 0. The van der Waals surface area contributed by atoms with Crippen molar-refractivity contribution in [3.8, 4) is 0 Å². The van der Waals surface area contributed by atoms with Gasteiger partial charge in [0.1, 0.15) is 6.54 Å². The summed E-state index contributed by atoms with van der Waals surface area (Å²) in [5, 5.41) is 0. The summed E-state index contributed by atoms with van der Waals surface area (Å²) in [6.45, 7) is 3.24. The molecule has 2 aliphatic rings. The Kier molecular flexibility index (Phi) is 4.88. The highest BCUT2D eigenvalue weighted by Gasteiger charge is 2.37. The maximum Gasteiger partial charge on any atom is 0.262 e. The Morgan fingerprint density at radius 2 is 1.41 bits per heavy atom. The highest BCUT2D eigenvalue weighted by Crippen LogP contribution is 2.22. The van der Waals surface area contributed by atoms with E-state index in [9.17, 15) is 19.2 Å². The molecule has 0 aromatic heterocycles. The third-order valence-electron chi connectivity index (χ3n) is 5.36. The number of piperazine rings is 1. The van der Waals surface area contributed by atoms with Crippen LogP contribution in [-0.2, 0) is 4.79 Å². The summed E-state index contributed by atoms with van der Waals surface area (Å²) in [4.78, 5) is 54.5. The smallest absolute Gasteiger partial charge is 0.262 e. The van der Waals surface area contributed by atoms with E-state index in [-0.39, 0.29) is 18.4 Å². The maximum absolute atomic E-state index is 12.7. The lowest BCUT2D eigenvalue weighted by Gasteiger charge is -2.35. The number of nitrogens with zero attached hydrogens (tertiary/aromatic N) is 3. The van der Waals surface area contributed by atoms with Gasteiger partial charge in [-0.2, -0.15) is 0 Å². The van der Waals surface area contributed by atoms with E-state index in [1.807, 2.05) is 25.1 Å². The van der Waals surface area contributed by atoms with E-state index in [2.05, 4.69) is 0 Å². The average molecular weight is 391 g/mol. The van der Waals surface area contributed by atoms with Crippen LogP contribution in [0.1, 0.15) is 36.6 Å². The van der Waals surface area contributed by atoms with Crippen molar-refractivity contribution in [2.45, 2.75) is 6.92 Å². The number of amides is 4. The molecule has 1 fully saturated rings. The lowest BCUT2D eigenvalue weighted by Crippen LogP contribution is -2.53. The number of carbonyl (C=O) groups excluding carboxylic acids is 4. The van der Waals surface area contributed by atoms with Crippen LogP contribution in [0.4, 0.5) is 0 Å². The first kappa shape index (κ1) is 18.9. The van der Waals surface area contributed by atoms with E-state index >= 15 is 0 Å². The minimum absolute atomic E-state index is 0.0545. The molecule has 7 heteroatoms. The Morgan fingerprint density at radius 3 is 2.00 bits per heavy atom. The number of hydrogen-bond donors (Lipinski definition) is 0. The van der Waals surface area contributed by atoms with Crippen molar-refractivity contribution < 1.29 is 19.2 Å². The van der Waals surface area contributed by atoms with Crippen molar-refractivity contribution in [3.05, 3.63) is 70.8 Å². The van der Waals surface area contributed by atoms with E-state index in [4.69, 9.17) is 0 Å². The molecule has 0 bridgehead atoms. The SMILES string of the molecule is Cc1cccc(C(=O)N2CCN(C(=O)CN3C(=O)c4ccccc4C3=O)CC2)c1. The van der Waals surface area contributed by atoms with Gasteiger partial charge in [0, 0.05) is 31.7 Å². The van der Waals surface area contributed by atoms with Crippen molar-refractivity contribution in [2.24, 2.45) is 0 Å². The molecule has 2 aromatic carbocycles. The Labute approximate surface area is 168 Å². The number of fused-ring (bicyclic) bond motifs is 1. The Morgan fingerprint density at radius 1 is 0.828 bits per heavy atom. The first-order valence-electron chi connectivity index (χ1n) is 9.54. The zero-order valence-electron chi connectivity index (χ0n) is 16.1. The first-order chi connectivity index (χ1) is 14.0. The number of aryl methyl sites for hydroxylation is 1. The molecule has 0 unspecified atom stereocenters. The molecule has 0 saturated carbocycles. The van der Waals surface area contributed by atoms with E-state index in [0.29, 0.717) is 42.9 Å². The summed E-state index contributed by atoms with van der Waals surface area (Å²) in [6.07, 6.45) is 0. The molecule has 2 aliphatic heterocycles. The lowest BCUT2D eigenvalue weighted by molar-refractivity contribution is -0.132. The quantitative estimate of drug-likeness (QED) is 0.745. The molecule has 29 heavy (non-hydrogen) atoms. The molecule has 0 atom stereocenters. The lowest BCUT2D eigenvalue weighted by atomic mass is 10.1. The van der Waals surface area contributed by atoms with Crippen LogP contribution in [0, 0.1) is 6.92 Å². The summed E-state index contributed by atoms with van der Waals surface area (Å²) in [6, 6.07) is 14.0. The molecule has 0 radical (unpaired) electrons. The van der Waals surface area contributed by atoms with E-state index in [1.54, 1.807) is 40.1 Å². The van der Waals surface area contributed by atoms with Crippen LogP contribution >= 0.6 is 0 Å². The van der Waals surface area contributed by atoms with Crippen LogP contribution in [0.5, 0.6) is 0 Å². The van der Waals surface area contributed by atoms with Crippen molar-refractivity contribution in [3.63, 3.8) is 0 Å². The van der Waals surface area contributed by atoms with E-state index in [1.165, 1.54) is 0 Å². The number of imide groups is 1. The Bertz CT molecular complexity index is 974. The average Bonchev–Trinajstić information content (AvgIpc) is 2.98. The second-order valence-electron chi connectivity index (χ2n) is 7.28. The molecule has 4 rings (SSSR count). The summed E-state index contributed by atoms with van der Waals surface area (Å²) >= 11 is 0. The monoisotopic (exact) mass is 391 g/mol. The van der Waals surface area contributed by atoms with Crippen LogP contribution in [0.3, 0.4) is 0 Å². The van der Waals surface area contributed by atoms with Crippen LogP contribution in [0.25, 0.3) is 0 Å². The molecular weight excluding hydrogens is 370 g/mol. The molecule has 1 saturated heterocycles. The van der Waals surface area contributed by atoms with E-state index < -0.39 is 11.8 Å². The molecule has 0 spiro atoms. The highest BCUT2D eigenvalue weighted by molar-refractivity contribution is 6.22. The van der Waals surface area contributed by atoms with Gasteiger partial charge in [-0.25, -0.2) is 0 Å². The summed E-state index contributed by atoms with van der Waals surface area (Å²) < 4.78 is 0. The van der Waals surface area contributed by atoms with Gasteiger partial charge in [-0.05, 0) is 31.2 Å². The fourth-order valence-electron chi connectivity index (χ4n) is 3.74. The van der Waals surface area contributed by atoms with Crippen molar-refractivity contribution in [1.29, 1.82) is 0 Å². The normalized spacial score (nSPS) is 16.2.